The number of anilines is 2. The molecular weight excluding hydrogens is 1330 g/mol. The van der Waals surface area contributed by atoms with Crippen molar-refractivity contribution >= 4 is 130 Å². The molecule has 0 bridgehead atoms. The molecule has 7 atom stereocenters. The molecule has 0 saturated carbocycles. The van der Waals surface area contributed by atoms with Crippen LogP contribution in [0.15, 0.2) is 83.8 Å². The van der Waals surface area contributed by atoms with E-state index in [1.165, 1.54) is 37.0 Å². The lowest BCUT2D eigenvalue weighted by Gasteiger charge is -2.27. The van der Waals surface area contributed by atoms with E-state index in [4.69, 9.17) is 5.73 Å². The van der Waals surface area contributed by atoms with E-state index in [0.717, 1.165) is 22.3 Å². The van der Waals surface area contributed by atoms with Crippen LogP contribution in [0.25, 0.3) is 22.3 Å². The number of hydrogen-bond acceptors (Lipinski definition) is 22. The van der Waals surface area contributed by atoms with Crippen molar-refractivity contribution in [2.75, 3.05) is 41.4 Å². The number of carbonyl (C=O) groups excluding carboxylic acids is 9. The molecule has 0 radical (unpaired) electrons. The van der Waals surface area contributed by atoms with Gasteiger partial charge in [-0.05, 0) is 59.4 Å². The number of nitrogens with zero attached hydrogens (tertiary/aromatic N) is 3. The van der Waals surface area contributed by atoms with Gasteiger partial charge in [0.05, 0.1) is 44.1 Å². The molecule has 18 N–H and O–H groups in total. The van der Waals surface area contributed by atoms with Crippen molar-refractivity contribution < 1.29 is 92.7 Å². The number of thiol groups is 1. The second kappa shape index (κ2) is 36.6. The third kappa shape index (κ3) is 22.7. The smallest absolute Gasteiger partial charge is 0.327 e. The van der Waals surface area contributed by atoms with Gasteiger partial charge in [0, 0.05) is 60.4 Å². The number of aromatic amines is 1. The molecule has 2 aromatic heterocycles. The van der Waals surface area contributed by atoms with Gasteiger partial charge in [0.1, 0.15) is 42.3 Å². The number of hydrogen-bond donors (Lipinski definition) is 18. The van der Waals surface area contributed by atoms with Crippen LogP contribution in [0.1, 0.15) is 91.4 Å². The van der Waals surface area contributed by atoms with E-state index in [0.29, 0.717) is 17.1 Å². The topological polar surface area (TPSA) is 558 Å². The summed E-state index contributed by atoms with van der Waals surface area (Å²) in [7, 11) is 0. The molecule has 0 fully saturated rings. The highest BCUT2D eigenvalue weighted by atomic mass is 32.2. The van der Waals surface area contributed by atoms with Crippen molar-refractivity contribution in [3.63, 3.8) is 0 Å². The van der Waals surface area contributed by atoms with E-state index in [2.05, 4.69) is 75.1 Å². The number of carbonyl (C=O) groups is 14. The van der Waals surface area contributed by atoms with E-state index < -0.39 is 169 Å². The number of amides is 9. The summed E-state index contributed by atoms with van der Waals surface area (Å²) >= 11 is 5.29. The molecule has 2 heterocycles. The number of rotatable bonds is 39. The highest BCUT2D eigenvalue weighted by molar-refractivity contribution is 7.99. The Kier molecular flexibility index (Phi) is 28.3. The lowest BCUT2D eigenvalue weighted by atomic mass is 9.99. The van der Waals surface area contributed by atoms with Gasteiger partial charge in [-0.3, -0.25) is 72.1 Å². The maximum Gasteiger partial charge on any atom is 0.327 e. The van der Waals surface area contributed by atoms with Crippen LogP contribution in [-0.2, 0) is 68.9 Å². The fourth-order valence-corrected chi connectivity index (χ4v) is 11.2. The molecule has 98 heavy (non-hydrogen) atoms. The zero-order valence-corrected chi connectivity index (χ0v) is 53.9. The summed E-state index contributed by atoms with van der Waals surface area (Å²) in [6.07, 6.45) is -4.16. The first-order valence-corrected chi connectivity index (χ1v) is 31.9. The molecular formula is C61H71N15O20S2. The normalized spacial score (nSPS) is 13.5. The van der Waals surface area contributed by atoms with Gasteiger partial charge < -0.3 is 84.4 Å². The Morgan fingerprint density at radius 3 is 1.57 bits per heavy atom. The van der Waals surface area contributed by atoms with Crippen molar-refractivity contribution in [3.05, 3.63) is 112 Å². The Labute approximate surface area is 565 Å². The lowest BCUT2D eigenvalue weighted by molar-refractivity contribution is -0.144. The minimum absolute atomic E-state index is 0.000341. The maximum absolute atomic E-state index is 14.1. The standard InChI is InChI=1S/C61H71N15O20S2/c1-2-37(69-54(89)38(20-46(79)80)68-45(78)12-7-18-63-52(87)29-13-15-30(16-14-29)64-24-31-25-66-51-50(67-31)59(94)76-61(62)75-51)53(88)70-39(21-47(81)82)55(90)71-40(22-48(83)84)56(91)73-42(58(93)72-41(23-49(85)86)57(92)74-43(27-97)60(95)96)26-65-44(77)17-19-98-28-36-34-10-5-3-8-32(34)33-9-4-6-11-35(33)36/h3-6,8-11,13-16,25,36-43,64,97H,2,7,12,17-24,26-28H2,1H3,(H,63,87)(H,65,77)(H,68,78)(H,69,89)(H,70,88)(H,71,90)(H,72,93)(H,73,91)(H,74,92)(H,79,80)(H,81,82)(H,83,84)(H,85,86)(H,95,96)(H3,62,66,75,76,94)/t37-,38-,39-,40-,41-,42-,43-/m0/s1. The van der Waals surface area contributed by atoms with Crippen molar-refractivity contribution in [1.29, 1.82) is 0 Å². The minimum atomic E-state index is -2.24. The summed E-state index contributed by atoms with van der Waals surface area (Å²) in [5.74, 6) is -18.4. The SMILES string of the molecule is CC[C@H](NC(=O)[C@H](CC(=O)O)NC(=O)CCCNC(=O)c1ccc(NCc2cnc3nc(N)[nH]c(=O)c3n2)cc1)C(=O)N[C@@H](CC(=O)O)C(=O)N[C@@H](CC(=O)O)C(=O)N[C@@H](CNC(=O)CCSCC1c2ccccc2-c2ccccc21)C(=O)N[C@@H](CC(=O)O)C(=O)N[C@@H](CS)C(=O)O. The number of H-pyrrole nitrogens is 1. The van der Waals surface area contributed by atoms with Gasteiger partial charge in [0.15, 0.2) is 11.2 Å². The summed E-state index contributed by atoms with van der Waals surface area (Å²) in [6.45, 7) is 0.594. The van der Waals surface area contributed by atoms with Crippen LogP contribution < -0.4 is 64.5 Å². The first-order chi connectivity index (χ1) is 46.6. The number of fused-ring (bicyclic) bond motifs is 4. The predicted octanol–water partition coefficient (Wildman–Crippen LogP) is -1.81. The fraction of sp³-hybridized carbons (Fsp3) is 0.377. The molecule has 522 valence electrons. The number of carboxylic acid groups (broad SMARTS) is 5. The van der Waals surface area contributed by atoms with Gasteiger partial charge >= 0.3 is 29.8 Å². The lowest BCUT2D eigenvalue weighted by Crippen LogP contribution is -2.62. The molecule has 0 saturated heterocycles. The second-order valence-electron chi connectivity index (χ2n) is 21.9. The molecule has 37 heteroatoms. The van der Waals surface area contributed by atoms with Crippen LogP contribution in [-0.4, -0.2) is 201 Å². The van der Waals surface area contributed by atoms with Gasteiger partial charge in [0.25, 0.3) is 11.5 Å². The van der Waals surface area contributed by atoms with E-state index in [-0.39, 0.29) is 73.1 Å². The molecule has 0 aliphatic heterocycles. The van der Waals surface area contributed by atoms with Crippen LogP contribution in [0, 0.1) is 0 Å². The van der Waals surface area contributed by atoms with Gasteiger partial charge in [0.2, 0.25) is 53.2 Å². The summed E-state index contributed by atoms with van der Waals surface area (Å²) in [4.78, 5) is 208. The molecule has 5 aromatic rings. The second-order valence-corrected chi connectivity index (χ2v) is 23.5. The largest absolute Gasteiger partial charge is 0.481 e. The number of aliphatic carboxylic acids is 5. The Morgan fingerprint density at radius 1 is 0.582 bits per heavy atom. The quantitative estimate of drug-likeness (QED) is 0.0152. The van der Waals surface area contributed by atoms with Gasteiger partial charge in [-0.25, -0.2) is 14.8 Å². The number of thioether (sulfide) groups is 1. The van der Waals surface area contributed by atoms with E-state index in [9.17, 15) is 97.5 Å². The summed E-state index contributed by atoms with van der Waals surface area (Å²) in [6, 6.07) is 8.28. The first-order valence-electron chi connectivity index (χ1n) is 30.1. The number of benzene rings is 3. The third-order valence-electron chi connectivity index (χ3n) is 14.7. The first kappa shape index (κ1) is 75.8. The highest BCUT2D eigenvalue weighted by Gasteiger charge is 2.37. The molecule has 0 unspecified atom stereocenters. The maximum atomic E-state index is 14.1. The molecule has 9 amide bonds. The molecule has 1 aliphatic rings. The molecule has 6 rings (SSSR count). The summed E-state index contributed by atoms with van der Waals surface area (Å²) in [5.41, 5.74) is 10.6. The summed E-state index contributed by atoms with van der Waals surface area (Å²) < 4.78 is 0. The molecule has 1 aliphatic carbocycles. The number of aromatic nitrogens is 4. The molecule has 0 spiro atoms. The van der Waals surface area contributed by atoms with Crippen molar-refractivity contribution in [2.45, 2.75) is 113 Å². The average Bonchev–Trinajstić information content (AvgIpc) is 1.61. The van der Waals surface area contributed by atoms with E-state index >= 15 is 0 Å². The Hall–Kier alpha value is -11.2. The van der Waals surface area contributed by atoms with E-state index in [1.807, 2.05) is 59.2 Å². The van der Waals surface area contributed by atoms with E-state index in [1.54, 1.807) is 12.1 Å². The van der Waals surface area contributed by atoms with Crippen LogP contribution in [0.5, 0.6) is 0 Å². The monoisotopic (exact) mass is 1400 g/mol. The van der Waals surface area contributed by atoms with Gasteiger partial charge in [-0.15, -0.1) is 0 Å². The van der Waals surface area contributed by atoms with Crippen LogP contribution in [0.3, 0.4) is 0 Å². The van der Waals surface area contributed by atoms with Crippen LogP contribution in [0.4, 0.5) is 11.6 Å². The molecule has 35 nitrogen and oxygen atoms in total. The minimum Gasteiger partial charge on any atom is -0.481 e. The highest BCUT2D eigenvalue weighted by Crippen LogP contribution is 2.45. The molecule has 3 aromatic carbocycles. The van der Waals surface area contributed by atoms with Crippen LogP contribution in [0.2, 0.25) is 0 Å². The zero-order valence-electron chi connectivity index (χ0n) is 52.2. The van der Waals surface area contributed by atoms with Crippen molar-refractivity contribution in [1.82, 2.24) is 67.8 Å². The fourth-order valence-electron chi connectivity index (χ4n) is 9.83. The predicted molar refractivity (Wildman–Crippen MR) is 351 cm³/mol. The number of nitrogen functional groups attached to an aromatic ring is 1. The average molecular weight is 1400 g/mol. The van der Waals surface area contributed by atoms with Crippen LogP contribution >= 0.6 is 24.4 Å². The Bertz CT molecular complexity index is 3850. The Morgan fingerprint density at radius 2 is 1.06 bits per heavy atom. The summed E-state index contributed by atoms with van der Waals surface area (Å²) in [5, 5.41) is 71.3. The number of nitrogens with one attached hydrogen (secondary N) is 11. The van der Waals surface area contributed by atoms with Crippen molar-refractivity contribution in [3.8, 4) is 11.1 Å². The number of carboxylic acids is 5. The number of nitrogens with two attached hydrogens (primary N) is 1. The van der Waals surface area contributed by atoms with Crippen molar-refractivity contribution in [2.24, 2.45) is 0 Å². The van der Waals surface area contributed by atoms with Gasteiger partial charge in [-0.1, -0.05) is 55.5 Å². The Balaban J connectivity index is 1.05. The van der Waals surface area contributed by atoms with Gasteiger partial charge in [-0.2, -0.15) is 29.4 Å². The zero-order chi connectivity index (χ0) is 71.8. The third-order valence-corrected chi connectivity index (χ3v) is 16.2.